The Kier molecular flexibility index (Phi) is 15.3. The third-order valence-corrected chi connectivity index (χ3v) is 4.52. The summed E-state index contributed by atoms with van der Waals surface area (Å²) in [4.78, 5) is 32.8. The van der Waals surface area contributed by atoms with Gasteiger partial charge in [0, 0.05) is 12.8 Å². The molecule has 0 bridgehead atoms. The van der Waals surface area contributed by atoms with Gasteiger partial charge in [-0.15, -0.1) is 0 Å². The summed E-state index contributed by atoms with van der Waals surface area (Å²) in [5, 5.41) is 18.4. The first-order valence-corrected chi connectivity index (χ1v) is 11.0. The largest absolute Gasteiger partial charge is 0.472 e. The van der Waals surface area contributed by atoms with Crippen molar-refractivity contribution < 1.29 is 47.8 Å². The van der Waals surface area contributed by atoms with Gasteiger partial charge in [0.1, 0.15) is 12.2 Å². The first kappa shape index (κ1) is 27.0. The lowest BCUT2D eigenvalue weighted by Gasteiger charge is -2.20. The number of carbonyl (C=O) groups is 2. The van der Waals surface area contributed by atoms with E-state index < -0.39 is 58.4 Å². The highest BCUT2D eigenvalue weighted by Gasteiger charge is 2.27. The molecule has 0 aromatic carbocycles. The van der Waals surface area contributed by atoms with E-state index >= 15 is 0 Å². The summed E-state index contributed by atoms with van der Waals surface area (Å²) in [6, 6.07) is 0. The van der Waals surface area contributed by atoms with Crippen molar-refractivity contribution in [1.82, 2.24) is 0 Å². The van der Waals surface area contributed by atoms with Crippen LogP contribution in [0.15, 0.2) is 0 Å². The van der Waals surface area contributed by atoms with Gasteiger partial charge in [0.25, 0.3) is 0 Å². The summed E-state index contributed by atoms with van der Waals surface area (Å²) in [5.41, 5.74) is 0. The van der Waals surface area contributed by atoms with Gasteiger partial charge in [0.05, 0.1) is 26.4 Å². The second-order valence-corrected chi connectivity index (χ2v) is 7.66. The minimum Gasteiger partial charge on any atom is -0.457 e. The third kappa shape index (κ3) is 14.0. The van der Waals surface area contributed by atoms with Gasteiger partial charge in [-0.2, -0.15) is 0 Å². The minimum atomic E-state index is -4.57. The van der Waals surface area contributed by atoms with E-state index in [1.807, 2.05) is 13.8 Å². The van der Waals surface area contributed by atoms with Gasteiger partial charge in [-0.1, -0.05) is 33.1 Å². The molecule has 0 aliphatic carbocycles. The van der Waals surface area contributed by atoms with Crippen LogP contribution in [0.3, 0.4) is 0 Å². The Morgan fingerprint density at radius 3 is 1.64 bits per heavy atom. The monoisotopic (exact) mass is 428 g/mol. The van der Waals surface area contributed by atoms with Crippen molar-refractivity contribution in [3.8, 4) is 0 Å². The molecular formula is C17H33O10P. The molecule has 0 radical (unpaired) electrons. The Hall–Kier alpha value is -1.03. The number of hydrogen-bond donors (Lipinski definition) is 3. The normalized spacial score (nSPS) is 15.5. The van der Waals surface area contributed by atoms with Crippen LogP contribution in [0.2, 0.25) is 0 Å². The number of ether oxygens (including phenoxy) is 2. The van der Waals surface area contributed by atoms with E-state index in [0.29, 0.717) is 12.8 Å². The summed E-state index contributed by atoms with van der Waals surface area (Å²) in [6.07, 6.45) is 2.00. The van der Waals surface area contributed by atoms with Crippen LogP contribution in [-0.2, 0) is 32.7 Å². The molecule has 3 atom stereocenters. The van der Waals surface area contributed by atoms with Crippen LogP contribution in [-0.4, -0.2) is 65.7 Å². The second-order valence-electron chi connectivity index (χ2n) is 6.21. The van der Waals surface area contributed by atoms with Crippen molar-refractivity contribution in [2.45, 2.75) is 71.0 Å². The molecule has 0 amide bonds. The molecule has 10 nitrogen and oxygen atoms in total. The van der Waals surface area contributed by atoms with Crippen molar-refractivity contribution in [1.29, 1.82) is 0 Å². The van der Waals surface area contributed by atoms with Crippen molar-refractivity contribution in [2.24, 2.45) is 0 Å². The zero-order valence-electron chi connectivity index (χ0n) is 16.6. The van der Waals surface area contributed by atoms with Gasteiger partial charge in [-0.05, 0) is 12.8 Å². The fraction of sp³-hybridized carbons (Fsp3) is 0.882. The number of carbonyl (C=O) groups excluding carboxylic acids is 2. The van der Waals surface area contributed by atoms with E-state index in [1.54, 1.807) is 0 Å². The minimum absolute atomic E-state index is 0.169. The van der Waals surface area contributed by atoms with Crippen LogP contribution in [0.25, 0.3) is 0 Å². The van der Waals surface area contributed by atoms with Crippen LogP contribution in [0.4, 0.5) is 0 Å². The highest BCUT2D eigenvalue weighted by Crippen LogP contribution is 2.43. The molecule has 0 aromatic heterocycles. The van der Waals surface area contributed by atoms with Gasteiger partial charge >= 0.3 is 19.8 Å². The summed E-state index contributed by atoms with van der Waals surface area (Å²) in [7, 11) is -4.57. The van der Waals surface area contributed by atoms with Crippen molar-refractivity contribution >= 4 is 19.8 Å². The number of aliphatic hydroxyl groups excluding tert-OH is 2. The lowest BCUT2D eigenvalue weighted by atomic mass is 10.2. The zero-order chi connectivity index (χ0) is 21.4. The number of unbranched alkanes of at least 4 members (excludes halogenated alkanes) is 3. The molecule has 0 saturated carbocycles. The van der Waals surface area contributed by atoms with Crippen molar-refractivity contribution in [3.05, 3.63) is 0 Å². The SMILES string of the molecule is CCCCCC(=O)OC(CO)COP(=O)(O)OCC(CO)OC(=O)CCCC. The number of phosphoric acid groups is 1. The lowest BCUT2D eigenvalue weighted by molar-refractivity contribution is -0.153. The summed E-state index contributed by atoms with van der Waals surface area (Å²) < 4.78 is 31.2. The van der Waals surface area contributed by atoms with Crippen LogP contribution in [0.5, 0.6) is 0 Å². The van der Waals surface area contributed by atoms with Crippen LogP contribution < -0.4 is 0 Å². The Bertz CT molecular complexity index is 485. The van der Waals surface area contributed by atoms with E-state index in [9.17, 15) is 29.3 Å². The van der Waals surface area contributed by atoms with Crippen LogP contribution in [0.1, 0.15) is 58.8 Å². The predicted molar refractivity (Wildman–Crippen MR) is 99.3 cm³/mol. The molecule has 3 unspecified atom stereocenters. The van der Waals surface area contributed by atoms with E-state index in [0.717, 1.165) is 19.3 Å². The lowest BCUT2D eigenvalue weighted by Crippen LogP contribution is -2.28. The average molecular weight is 428 g/mol. The van der Waals surface area contributed by atoms with Gasteiger partial charge in [-0.25, -0.2) is 4.57 Å². The predicted octanol–water partition coefficient (Wildman–Crippen LogP) is 1.70. The fourth-order valence-corrected chi connectivity index (χ4v) is 2.75. The van der Waals surface area contributed by atoms with Crippen molar-refractivity contribution in [3.63, 3.8) is 0 Å². The summed E-state index contributed by atoms with van der Waals surface area (Å²) in [5.74, 6) is -1.09. The van der Waals surface area contributed by atoms with E-state index in [-0.39, 0.29) is 12.8 Å². The highest BCUT2D eigenvalue weighted by atomic mass is 31.2. The second kappa shape index (κ2) is 15.8. The molecule has 0 saturated heterocycles. The molecule has 0 aromatic rings. The van der Waals surface area contributed by atoms with E-state index in [4.69, 9.17) is 18.5 Å². The first-order chi connectivity index (χ1) is 13.3. The molecule has 0 rings (SSSR count). The van der Waals surface area contributed by atoms with E-state index in [1.165, 1.54) is 0 Å². The van der Waals surface area contributed by atoms with Gasteiger partial charge < -0.3 is 24.6 Å². The maximum atomic E-state index is 11.9. The number of esters is 2. The number of hydrogen-bond acceptors (Lipinski definition) is 9. The quantitative estimate of drug-likeness (QED) is 0.177. The van der Waals surface area contributed by atoms with Gasteiger partial charge in [0.15, 0.2) is 0 Å². The third-order valence-electron chi connectivity index (χ3n) is 3.57. The standard InChI is InChI=1S/C17H33O10P/c1-3-5-7-9-17(21)27-15(11-19)13-25-28(22,23)24-12-14(10-18)26-16(20)8-6-4-2/h14-15,18-19H,3-13H2,1-2H3,(H,22,23). The average Bonchev–Trinajstić information content (AvgIpc) is 2.66. The molecule has 0 fully saturated rings. The van der Waals surface area contributed by atoms with Crippen LogP contribution >= 0.6 is 7.82 Å². The molecule has 0 aliphatic rings. The van der Waals surface area contributed by atoms with Crippen molar-refractivity contribution in [2.75, 3.05) is 26.4 Å². The number of aliphatic hydroxyl groups is 2. The summed E-state index contributed by atoms with van der Waals surface area (Å²) in [6.45, 7) is 1.61. The smallest absolute Gasteiger partial charge is 0.457 e. The summed E-state index contributed by atoms with van der Waals surface area (Å²) >= 11 is 0. The molecule has 0 aliphatic heterocycles. The fourth-order valence-electron chi connectivity index (χ4n) is 1.97. The Balaban J connectivity index is 4.32. The van der Waals surface area contributed by atoms with E-state index in [2.05, 4.69) is 0 Å². The van der Waals surface area contributed by atoms with Gasteiger partial charge in [-0.3, -0.25) is 18.6 Å². The molecule has 0 heterocycles. The molecule has 0 spiro atoms. The molecule has 11 heteroatoms. The maximum Gasteiger partial charge on any atom is 0.472 e. The molecule has 166 valence electrons. The molecule has 3 N–H and O–H groups in total. The molecular weight excluding hydrogens is 395 g/mol. The maximum absolute atomic E-state index is 11.9. The molecule has 28 heavy (non-hydrogen) atoms. The Morgan fingerprint density at radius 1 is 0.821 bits per heavy atom. The van der Waals surface area contributed by atoms with Gasteiger partial charge in [0.2, 0.25) is 0 Å². The zero-order valence-corrected chi connectivity index (χ0v) is 17.5. The van der Waals surface area contributed by atoms with Crippen LogP contribution in [0, 0.1) is 0 Å². The Labute approximate surface area is 165 Å². The number of phosphoric ester groups is 1. The highest BCUT2D eigenvalue weighted by molar-refractivity contribution is 7.47. The Morgan fingerprint density at radius 2 is 1.25 bits per heavy atom. The first-order valence-electron chi connectivity index (χ1n) is 9.50. The topological polar surface area (TPSA) is 149 Å². The number of rotatable bonds is 17.